The molecule has 0 bridgehead atoms. The van der Waals surface area contributed by atoms with E-state index in [1.165, 1.54) is 32.1 Å². The molecule has 1 fully saturated rings. The van der Waals surface area contributed by atoms with Crippen LogP contribution in [0.2, 0.25) is 0 Å². The van der Waals surface area contributed by atoms with Crippen molar-refractivity contribution in [1.29, 1.82) is 0 Å². The molecular weight excluding hydrogens is 262 g/mol. The maximum Gasteiger partial charge on any atom is 0.307 e. The van der Waals surface area contributed by atoms with Gasteiger partial charge in [-0.1, -0.05) is 56.9 Å². The summed E-state index contributed by atoms with van der Waals surface area (Å²) in [5.41, 5.74) is 2.03. The minimum atomic E-state index is -0.765. The van der Waals surface area contributed by atoms with E-state index in [2.05, 4.69) is 12.2 Å². The molecule has 3 heteroatoms. The van der Waals surface area contributed by atoms with Gasteiger partial charge in [-0.25, -0.2) is 0 Å². The summed E-state index contributed by atoms with van der Waals surface area (Å²) in [6.07, 6.45) is 6.86. The summed E-state index contributed by atoms with van der Waals surface area (Å²) in [4.78, 5) is 10.9. The molecule has 0 spiro atoms. The van der Waals surface area contributed by atoms with Crippen LogP contribution in [0.3, 0.4) is 0 Å². The number of hydrogen-bond acceptors (Lipinski definition) is 2. The molecule has 2 N–H and O–H groups in total. The van der Waals surface area contributed by atoms with Crippen LogP contribution in [-0.4, -0.2) is 17.6 Å². The molecule has 0 radical (unpaired) electrons. The molecule has 0 amide bonds. The Hall–Kier alpha value is -1.35. The molecule has 0 heterocycles. The third kappa shape index (κ3) is 5.50. The van der Waals surface area contributed by atoms with Crippen molar-refractivity contribution in [3.8, 4) is 0 Å². The van der Waals surface area contributed by atoms with Gasteiger partial charge in [-0.05, 0) is 35.9 Å². The van der Waals surface area contributed by atoms with Crippen molar-refractivity contribution in [2.75, 3.05) is 6.54 Å². The van der Waals surface area contributed by atoms with E-state index in [0.29, 0.717) is 0 Å². The summed E-state index contributed by atoms with van der Waals surface area (Å²) in [5.74, 6) is 1.03. The molecule has 3 nitrogen and oxygen atoms in total. The SMILES string of the molecule is CC1CCC(CCNCc2ccccc2CC(=O)O)CC1. The van der Waals surface area contributed by atoms with Gasteiger partial charge in [-0.15, -0.1) is 0 Å². The van der Waals surface area contributed by atoms with Gasteiger partial charge in [0, 0.05) is 6.54 Å². The molecule has 1 saturated carbocycles. The number of rotatable bonds is 7. The number of hydrogen-bond donors (Lipinski definition) is 2. The lowest BCUT2D eigenvalue weighted by Gasteiger charge is -2.26. The Bertz CT molecular complexity index is 450. The van der Waals surface area contributed by atoms with Crippen LogP contribution in [0.25, 0.3) is 0 Å². The largest absolute Gasteiger partial charge is 0.481 e. The van der Waals surface area contributed by atoms with E-state index in [9.17, 15) is 4.79 Å². The highest BCUT2D eigenvalue weighted by molar-refractivity contribution is 5.70. The van der Waals surface area contributed by atoms with Crippen LogP contribution in [0, 0.1) is 11.8 Å². The van der Waals surface area contributed by atoms with Crippen molar-refractivity contribution < 1.29 is 9.90 Å². The van der Waals surface area contributed by atoms with E-state index >= 15 is 0 Å². The second-order valence-electron chi connectivity index (χ2n) is 6.43. The van der Waals surface area contributed by atoms with Crippen molar-refractivity contribution >= 4 is 5.97 Å². The standard InChI is InChI=1S/C18H27NO2/c1-14-6-8-15(9-7-14)10-11-19-13-17-5-3-2-4-16(17)12-18(20)21/h2-5,14-15,19H,6-13H2,1H3,(H,20,21). The highest BCUT2D eigenvalue weighted by atomic mass is 16.4. The number of carboxylic acid groups (broad SMARTS) is 1. The predicted octanol–water partition coefficient (Wildman–Crippen LogP) is 3.62. The second-order valence-corrected chi connectivity index (χ2v) is 6.43. The van der Waals surface area contributed by atoms with Gasteiger partial charge in [0.15, 0.2) is 0 Å². The number of aliphatic carboxylic acids is 1. The average molecular weight is 289 g/mol. The van der Waals surface area contributed by atoms with E-state index in [1.807, 2.05) is 24.3 Å². The van der Waals surface area contributed by atoms with E-state index < -0.39 is 5.97 Å². The molecule has 116 valence electrons. The maximum atomic E-state index is 10.9. The second kappa shape index (κ2) is 8.18. The van der Waals surface area contributed by atoms with Crippen LogP contribution in [0.15, 0.2) is 24.3 Å². The van der Waals surface area contributed by atoms with Crippen molar-refractivity contribution in [3.63, 3.8) is 0 Å². The molecule has 1 aromatic rings. The first-order valence-corrected chi connectivity index (χ1v) is 8.14. The number of carboxylic acids is 1. The Kier molecular flexibility index (Phi) is 6.24. The highest BCUT2D eigenvalue weighted by Gasteiger charge is 2.17. The molecule has 0 saturated heterocycles. The molecule has 1 aliphatic rings. The Morgan fingerprint density at radius 3 is 2.52 bits per heavy atom. The van der Waals surface area contributed by atoms with E-state index in [4.69, 9.17) is 5.11 Å². The molecule has 21 heavy (non-hydrogen) atoms. The first-order valence-electron chi connectivity index (χ1n) is 8.14. The molecule has 0 aliphatic heterocycles. The van der Waals surface area contributed by atoms with Crippen LogP contribution in [0.5, 0.6) is 0 Å². The average Bonchev–Trinajstić information content (AvgIpc) is 2.46. The summed E-state index contributed by atoms with van der Waals surface area (Å²) in [5, 5.41) is 12.4. The minimum absolute atomic E-state index is 0.109. The van der Waals surface area contributed by atoms with Gasteiger partial charge < -0.3 is 10.4 Å². The summed E-state index contributed by atoms with van der Waals surface area (Å²) in [6, 6.07) is 7.82. The third-order valence-corrected chi connectivity index (χ3v) is 4.64. The summed E-state index contributed by atoms with van der Waals surface area (Å²) in [7, 11) is 0. The molecule has 0 aromatic heterocycles. The van der Waals surface area contributed by atoms with Crippen LogP contribution >= 0.6 is 0 Å². The Balaban J connectivity index is 1.72. The van der Waals surface area contributed by atoms with Gasteiger partial charge in [0.25, 0.3) is 0 Å². The lowest BCUT2D eigenvalue weighted by atomic mass is 9.81. The van der Waals surface area contributed by atoms with E-state index in [1.54, 1.807) is 0 Å². The Morgan fingerprint density at radius 2 is 1.86 bits per heavy atom. The summed E-state index contributed by atoms with van der Waals surface area (Å²) >= 11 is 0. The molecule has 1 aliphatic carbocycles. The smallest absolute Gasteiger partial charge is 0.307 e. The first kappa shape index (κ1) is 16.0. The summed E-state index contributed by atoms with van der Waals surface area (Å²) < 4.78 is 0. The zero-order valence-corrected chi connectivity index (χ0v) is 13.0. The lowest BCUT2D eigenvalue weighted by Crippen LogP contribution is -2.21. The fourth-order valence-corrected chi connectivity index (χ4v) is 3.21. The Labute approximate surface area is 127 Å². The minimum Gasteiger partial charge on any atom is -0.481 e. The predicted molar refractivity (Wildman–Crippen MR) is 85.2 cm³/mol. The van der Waals surface area contributed by atoms with Crippen molar-refractivity contribution in [1.82, 2.24) is 5.32 Å². The Morgan fingerprint density at radius 1 is 1.19 bits per heavy atom. The third-order valence-electron chi connectivity index (χ3n) is 4.64. The van der Waals surface area contributed by atoms with Gasteiger partial charge in [0.2, 0.25) is 0 Å². The highest BCUT2D eigenvalue weighted by Crippen LogP contribution is 2.29. The van der Waals surface area contributed by atoms with Crippen LogP contribution in [0.4, 0.5) is 0 Å². The van der Waals surface area contributed by atoms with Crippen LogP contribution in [-0.2, 0) is 17.8 Å². The van der Waals surface area contributed by atoms with Gasteiger partial charge in [0.1, 0.15) is 0 Å². The zero-order valence-electron chi connectivity index (χ0n) is 13.0. The van der Waals surface area contributed by atoms with Crippen molar-refractivity contribution in [2.45, 2.75) is 52.0 Å². The van der Waals surface area contributed by atoms with Crippen molar-refractivity contribution in [3.05, 3.63) is 35.4 Å². The topological polar surface area (TPSA) is 49.3 Å². The fourth-order valence-electron chi connectivity index (χ4n) is 3.21. The van der Waals surface area contributed by atoms with Gasteiger partial charge in [-0.2, -0.15) is 0 Å². The van der Waals surface area contributed by atoms with E-state index in [0.717, 1.165) is 36.1 Å². The van der Waals surface area contributed by atoms with E-state index in [-0.39, 0.29) is 6.42 Å². The monoisotopic (exact) mass is 289 g/mol. The number of benzene rings is 1. The van der Waals surface area contributed by atoms with Crippen LogP contribution < -0.4 is 5.32 Å². The fraction of sp³-hybridized carbons (Fsp3) is 0.611. The molecule has 1 aromatic carbocycles. The quantitative estimate of drug-likeness (QED) is 0.754. The van der Waals surface area contributed by atoms with Crippen molar-refractivity contribution in [2.24, 2.45) is 11.8 Å². The van der Waals surface area contributed by atoms with Crippen LogP contribution in [0.1, 0.15) is 50.2 Å². The lowest BCUT2D eigenvalue weighted by molar-refractivity contribution is -0.136. The van der Waals surface area contributed by atoms with Gasteiger partial charge >= 0.3 is 5.97 Å². The number of carbonyl (C=O) groups is 1. The zero-order chi connectivity index (χ0) is 15.1. The molecule has 0 unspecified atom stereocenters. The molecule has 0 atom stereocenters. The normalized spacial score (nSPS) is 22.1. The molecule has 2 rings (SSSR count). The molecular formula is C18H27NO2. The maximum absolute atomic E-state index is 10.9. The first-order chi connectivity index (χ1) is 10.1. The van der Waals surface area contributed by atoms with Gasteiger partial charge in [-0.3, -0.25) is 4.79 Å². The van der Waals surface area contributed by atoms with Gasteiger partial charge in [0.05, 0.1) is 6.42 Å². The number of nitrogens with one attached hydrogen (secondary N) is 1. The summed E-state index contributed by atoms with van der Waals surface area (Å²) in [6.45, 7) is 4.15.